The van der Waals surface area contributed by atoms with E-state index in [4.69, 9.17) is 9.47 Å². The fourth-order valence-corrected chi connectivity index (χ4v) is 1.46. The maximum Gasteiger partial charge on any atom is 0.127 e. The molecule has 1 rings (SSSR count). The molecule has 0 aromatic heterocycles. The van der Waals surface area contributed by atoms with Gasteiger partial charge in [-0.3, -0.25) is 0 Å². The minimum atomic E-state index is 0.144. The van der Waals surface area contributed by atoms with Crippen LogP contribution >= 0.6 is 0 Å². The Kier molecular flexibility index (Phi) is 4.82. The summed E-state index contributed by atoms with van der Waals surface area (Å²) in [6.07, 6.45) is 1.09. The van der Waals surface area contributed by atoms with Crippen molar-refractivity contribution >= 4 is 0 Å². The number of nitrogens with one attached hydrogen (secondary N) is 1. The summed E-state index contributed by atoms with van der Waals surface area (Å²) < 4.78 is 10.5. The van der Waals surface area contributed by atoms with Gasteiger partial charge in [0.05, 0.1) is 14.2 Å². The van der Waals surface area contributed by atoms with Crippen LogP contribution in [0.2, 0.25) is 0 Å². The van der Waals surface area contributed by atoms with Crippen molar-refractivity contribution in [3.05, 3.63) is 23.8 Å². The van der Waals surface area contributed by atoms with Gasteiger partial charge in [0.15, 0.2) is 0 Å². The molecular weight excluding hydrogens is 214 g/mol. The van der Waals surface area contributed by atoms with Gasteiger partial charge in [-0.15, -0.1) is 0 Å². The van der Waals surface area contributed by atoms with Gasteiger partial charge in [0.2, 0.25) is 0 Å². The Morgan fingerprint density at radius 3 is 2.41 bits per heavy atom. The molecule has 0 aliphatic rings. The molecule has 0 unspecified atom stereocenters. The number of ether oxygens (including phenoxy) is 2. The molecule has 3 nitrogen and oxygen atoms in total. The van der Waals surface area contributed by atoms with Gasteiger partial charge in [-0.25, -0.2) is 0 Å². The van der Waals surface area contributed by atoms with Crippen molar-refractivity contribution in [3.63, 3.8) is 0 Å². The Morgan fingerprint density at radius 1 is 1.18 bits per heavy atom. The Balaban J connectivity index is 2.77. The monoisotopic (exact) mass is 237 g/mol. The van der Waals surface area contributed by atoms with Crippen LogP contribution in [0, 0.1) is 0 Å². The molecule has 0 saturated carbocycles. The molecule has 1 aromatic carbocycles. The second kappa shape index (κ2) is 5.92. The van der Waals surface area contributed by atoms with Crippen molar-refractivity contribution in [1.29, 1.82) is 0 Å². The van der Waals surface area contributed by atoms with Crippen LogP contribution in [0.1, 0.15) is 32.8 Å². The van der Waals surface area contributed by atoms with Crippen LogP contribution in [0.25, 0.3) is 0 Å². The van der Waals surface area contributed by atoms with Gasteiger partial charge in [-0.1, -0.05) is 13.0 Å². The van der Waals surface area contributed by atoms with E-state index in [1.165, 1.54) is 0 Å². The highest BCUT2D eigenvalue weighted by molar-refractivity contribution is 5.40. The van der Waals surface area contributed by atoms with Crippen LogP contribution in [-0.4, -0.2) is 19.8 Å². The summed E-state index contributed by atoms with van der Waals surface area (Å²) in [4.78, 5) is 0. The van der Waals surface area contributed by atoms with Crippen LogP contribution in [0.15, 0.2) is 18.2 Å². The third-order valence-corrected chi connectivity index (χ3v) is 3.14. The molecule has 0 aliphatic carbocycles. The standard InChI is InChI=1S/C14H23NO2/c1-6-14(2,3)15-10-11-7-8-12(16-4)9-13(11)17-5/h7-9,15H,6,10H2,1-5H3. The third kappa shape index (κ3) is 3.93. The van der Waals surface area contributed by atoms with Crippen molar-refractivity contribution in [1.82, 2.24) is 5.32 Å². The first-order chi connectivity index (χ1) is 8.02. The van der Waals surface area contributed by atoms with E-state index in [1.54, 1.807) is 14.2 Å². The Hall–Kier alpha value is -1.22. The van der Waals surface area contributed by atoms with Gasteiger partial charge < -0.3 is 14.8 Å². The Morgan fingerprint density at radius 2 is 1.88 bits per heavy atom. The summed E-state index contributed by atoms with van der Waals surface area (Å²) in [7, 11) is 3.34. The molecule has 0 saturated heterocycles. The normalized spacial score (nSPS) is 11.4. The van der Waals surface area contributed by atoms with Gasteiger partial charge >= 0.3 is 0 Å². The molecule has 96 valence electrons. The van der Waals surface area contributed by atoms with Crippen molar-refractivity contribution in [3.8, 4) is 11.5 Å². The van der Waals surface area contributed by atoms with Crippen molar-refractivity contribution < 1.29 is 9.47 Å². The Bertz CT molecular complexity index is 361. The summed E-state index contributed by atoms with van der Waals surface area (Å²) in [6.45, 7) is 7.37. The fourth-order valence-electron chi connectivity index (χ4n) is 1.46. The molecule has 0 bridgehead atoms. The van der Waals surface area contributed by atoms with Gasteiger partial charge in [-0.05, 0) is 26.3 Å². The molecular formula is C14H23NO2. The zero-order valence-corrected chi connectivity index (χ0v) is 11.5. The summed E-state index contributed by atoms with van der Waals surface area (Å²) in [6, 6.07) is 5.91. The van der Waals surface area contributed by atoms with E-state index >= 15 is 0 Å². The van der Waals surface area contributed by atoms with Gasteiger partial charge in [0.1, 0.15) is 11.5 Å². The van der Waals surface area contributed by atoms with Crippen molar-refractivity contribution in [2.45, 2.75) is 39.3 Å². The highest BCUT2D eigenvalue weighted by atomic mass is 16.5. The summed E-state index contributed by atoms with van der Waals surface area (Å²) >= 11 is 0. The number of benzene rings is 1. The molecule has 0 atom stereocenters. The summed E-state index contributed by atoms with van der Waals surface area (Å²) in [5.41, 5.74) is 1.29. The van der Waals surface area contributed by atoms with Crippen LogP contribution in [-0.2, 0) is 6.54 Å². The first-order valence-corrected chi connectivity index (χ1v) is 5.98. The minimum Gasteiger partial charge on any atom is -0.497 e. The molecule has 0 heterocycles. The number of rotatable bonds is 6. The zero-order chi connectivity index (χ0) is 12.9. The quantitative estimate of drug-likeness (QED) is 0.825. The van der Waals surface area contributed by atoms with E-state index in [2.05, 4.69) is 26.1 Å². The fraction of sp³-hybridized carbons (Fsp3) is 0.571. The van der Waals surface area contributed by atoms with Crippen LogP contribution in [0.3, 0.4) is 0 Å². The molecule has 0 amide bonds. The maximum absolute atomic E-state index is 5.37. The molecule has 0 aliphatic heterocycles. The molecule has 1 N–H and O–H groups in total. The number of methoxy groups -OCH3 is 2. The highest BCUT2D eigenvalue weighted by Gasteiger charge is 2.14. The predicted molar refractivity (Wildman–Crippen MR) is 70.8 cm³/mol. The van der Waals surface area contributed by atoms with Crippen molar-refractivity contribution in [2.75, 3.05) is 14.2 Å². The molecule has 0 fully saturated rings. The lowest BCUT2D eigenvalue weighted by atomic mass is 10.0. The lowest BCUT2D eigenvalue weighted by molar-refractivity contribution is 0.361. The van der Waals surface area contributed by atoms with Crippen molar-refractivity contribution in [2.24, 2.45) is 0 Å². The zero-order valence-electron chi connectivity index (χ0n) is 11.5. The first kappa shape index (κ1) is 13.8. The second-order valence-electron chi connectivity index (χ2n) is 4.77. The van der Waals surface area contributed by atoms with Gasteiger partial charge in [-0.2, -0.15) is 0 Å². The van der Waals surface area contributed by atoms with Crippen LogP contribution in [0.5, 0.6) is 11.5 Å². The van der Waals surface area contributed by atoms with Crippen LogP contribution < -0.4 is 14.8 Å². The molecule has 3 heteroatoms. The first-order valence-electron chi connectivity index (χ1n) is 5.98. The van der Waals surface area contributed by atoms with E-state index in [1.807, 2.05) is 18.2 Å². The molecule has 1 aromatic rings. The Labute approximate surface area is 104 Å². The second-order valence-corrected chi connectivity index (χ2v) is 4.77. The van der Waals surface area contributed by atoms with E-state index in [0.717, 1.165) is 30.0 Å². The summed E-state index contributed by atoms with van der Waals surface area (Å²) in [5, 5.41) is 3.52. The number of hydrogen-bond donors (Lipinski definition) is 1. The largest absolute Gasteiger partial charge is 0.497 e. The van der Waals surface area contributed by atoms with E-state index < -0.39 is 0 Å². The lowest BCUT2D eigenvalue weighted by Crippen LogP contribution is -2.37. The molecule has 0 radical (unpaired) electrons. The topological polar surface area (TPSA) is 30.5 Å². The lowest BCUT2D eigenvalue weighted by Gasteiger charge is -2.25. The summed E-state index contributed by atoms with van der Waals surface area (Å²) in [5.74, 6) is 1.68. The van der Waals surface area contributed by atoms with Crippen LogP contribution in [0.4, 0.5) is 0 Å². The number of hydrogen-bond acceptors (Lipinski definition) is 3. The SMILES string of the molecule is CCC(C)(C)NCc1ccc(OC)cc1OC. The predicted octanol–water partition coefficient (Wildman–Crippen LogP) is 2.98. The molecule has 0 spiro atoms. The highest BCUT2D eigenvalue weighted by Crippen LogP contribution is 2.25. The van der Waals surface area contributed by atoms with Gasteiger partial charge in [0, 0.05) is 23.7 Å². The van der Waals surface area contributed by atoms with E-state index in [-0.39, 0.29) is 5.54 Å². The average molecular weight is 237 g/mol. The van der Waals surface area contributed by atoms with E-state index in [0.29, 0.717) is 0 Å². The minimum absolute atomic E-state index is 0.144. The smallest absolute Gasteiger partial charge is 0.127 e. The molecule has 17 heavy (non-hydrogen) atoms. The van der Waals surface area contributed by atoms with E-state index in [9.17, 15) is 0 Å². The maximum atomic E-state index is 5.37. The average Bonchev–Trinajstić information content (AvgIpc) is 2.36. The van der Waals surface area contributed by atoms with Gasteiger partial charge in [0.25, 0.3) is 0 Å². The third-order valence-electron chi connectivity index (χ3n) is 3.14.